The first-order chi connectivity index (χ1) is 6.61. The normalized spacial score (nSPS) is 12.9. The molecular formula is C11H14BrFO. The fraction of sp³-hybridized carbons (Fsp3) is 0.455. The predicted molar refractivity (Wildman–Crippen MR) is 58.7 cm³/mol. The minimum Gasteiger partial charge on any atom is -0.393 e. The molecule has 0 heterocycles. The van der Waals surface area contributed by atoms with E-state index in [9.17, 15) is 9.50 Å². The number of hydrogen-bond donors (Lipinski definition) is 1. The lowest BCUT2D eigenvalue weighted by Crippen LogP contribution is -2.09. The molecule has 78 valence electrons. The van der Waals surface area contributed by atoms with E-state index in [-0.39, 0.29) is 11.9 Å². The van der Waals surface area contributed by atoms with Crippen molar-refractivity contribution in [1.29, 1.82) is 0 Å². The third-order valence-corrected chi connectivity index (χ3v) is 2.47. The first kappa shape index (κ1) is 11.7. The van der Waals surface area contributed by atoms with Gasteiger partial charge in [0.05, 0.1) is 6.10 Å². The van der Waals surface area contributed by atoms with E-state index in [1.807, 2.05) is 13.0 Å². The Hall–Kier alpha value is -0.410. The van der Waals surface area contributed by atoms with Crippen molar-refractivity contribution in [3.05, 3.63) is 34.1 Å². The molecule has 0 spiro atoms. The zero-order valence-electron chi connectivity index (χ0n) is 8.13. The lowest BCUT2D eigenvalue weighted by Gasteiger charge is -2.09. The van der Waals surface area contributed by atoms with Gasteiger partial charge < -0.3 is 5.11 Å². The summed E-state index contributed by atoms with van der Waals surface area (Å²) in [5.41, 5.74) is 0.831. The number of aliphatic hydroxyl groups excluding tert-OH is 1. The largest absolute Gasteiger partial charge is 0.393 e. The Morgan fingerprint density at radius 2 is 2.14 bits per heavy atom. The number of benzene rings is 1. The Labute approximate surface area is 92.1 Å². The molecule has 1 atom stereocenters. The van der Waals surface area contributed by atoms with Crippen molar-refractivity contribution < 1.29 is 9.50 Å². The van der Waals surface area contributed by atoms with E-state index in [0.717, 1.165) is 22.9 Å². The zero-order chi connectivity index (χ0) is 10.6. The van der Waals surface area contributed by atoms with Crippen LogP contribution in [-0.2, 0) is 6.42 Å². The van der Waals surface area contributed by atoms with Crippen LogP contribution in [0.4, 0.5) is 4.39 Å². The van der Waals surface area contributed by atoms with Gasteiger partial charge in [-0.15, -0.1) is 0 Å². The highest BCUT2D eigenvalue weighted by atomic mass is 79.9. The number of hydrogen-bond acceptors (Lipinski definition) is 1. The van der Waals surface area contributed by atoms with Crippen LogP contribution in [0.2, 0.25) is 0 Å². The van der Waals surface area contributed by atoms with E-state index in [1.165, 1.54) is 12.1 Å². The van der Waals surface area contributed by atoms with Gasteiger partial charge in [-0.05, 0) is 36.6 Å². The fourth-order valence-electron chi connectivity index (χ4n) is 1.44. The van der Waals surface area contributed by atoms with Gasteiger partial charge in [-0.3, -0.25) is 0 Å². The minimum atomic E-state index is -0.367. The third kappa shape index (κ3) is 3.76. The molecule has 0 aliphatic heterocycles. The molecule has 0 radical (unpaired) electrons. The molecule has 1 unspecified atom stereocenters. The lowest BCUT2D eigenvalue weighted by atomic mass is 10.0. The SMILES string of the molecule is CCCC(O)Cc1cc(F)cc(Br)c1. The Bertz CT molecular complexity index is 281. The maximum Gasteiger partial charge on any atom is 0.124 e. The molecule has 0 aromatic heterocycles. The van der Waals surface area contributed by atoms with Crippen molar-refractivity contribution in [3.63, 3.8) is 0 Å². The van der Waals surface area contributed by atoms with Crippen LogP contribution in [0.15, 0.2) is 22.7 Å². The van der Waals surface area contributed by atoms with Gasteiger partial charge in [0.1, 0.15) is 5.82 Å². The average Bonchev–Trinajstić information content (AvgIpc) is 2.01. The van der Waals surface area contributed by atoms with E-state index < -0.39 is 0 Å². The molecule has 0 fully saturated rings. The second kappa shape index (κ2) is 5.47. The molecule has 1 aromatic rings. The number of halogens is 2. The molecule has 14 heavy (non-hydrogen) atoms. The fourth-order valence-corrected chi connectivity index (χ4v) is 1.95. The van der Waals surface area contributed by atoms with E-state index >= 15 is 0 Å². The molecule has 1 rings (SSSR count). The van der Waals surface area contributed by atoms with Crippen LogP contribution in [0.1, 0.15) is 25.3 Å². The summed E-state index contributed by atoms with van der Waals surface area (Å²) < 4.78 is 13.7. The summed E-state index contributed by atoms with van der Waals surface area (Å²) in [6, 6.07) is 4.71. The van der Waals surface area contributed by atoms with E-state index in [2.05, 4.69) is 15.9 Å². The van der Waals surface area contributed by atoms with E-state index in [1.54, 1.807) is 0 Å². The molecular weight excluding hydrogens is 247 g/mol. The van der Waals surface area contributed by atoms with Crippen molar-refractivity contribution in [1.82, 2.24) is 0 Å². The second-order valence-electron chi connectivity index (χ2n) is 3.42. The Morgan fingerprint density at radius 3 is 2.71 bits per heavy atom. The highest BCUT2D eigenvalue weighted by molar-refractivity contribution is 9.10. The highest BCUT2D eigenvalue weighted by Gasteiger charge is 2.06. The second-order valence-corrected chi connectivity index (χ2v) is 4.34. The van der Waals surface area contributed by atoms with Gasteiger partial charge in [0, 0.05) is 4.47 Å². The van der Waals surface area contributed by atoms with E-state index in [4.69, 9.17) is 0 Å². The van der Waals surface area contributed by atoms with Crippen LogP contribution in [0.3, 0.4) is 0 Å². The van der Waals surface area contributed by atoms with Crippen LogP contribution >= 0.6 is 15.9 Å². The monoisotopic (exact) mass is 260 g/mol. The van der Waals surface area contributed by atoms with Gasteiger partial charge in [0.25, 0.3) is 0 Å². The molecule has 0 saturated heterocycles. The van der Waals surface area contributed by atoms with Gasteiger partial charge in [-0.2, -0.15) is 0 Å². The maximum absolute atomic E-state index is 13.0. The highest BCUT2D eigenvalue weighted by Crippen LogP contribution is 2.17. The maximum atomic E-state index is 13.0. The first-order valence-electron chi connectivity index (χ1n) is 4.75. The molecule has 0 amide bonds. The standard InChI is InChI=1S/C11H14BrFO/c1-2-3-11(14)6-8-4-9(12)7-10(13)5-8/h4-5,7,11,14H,2-3,6H2,1H3. The molecule has 1 aromatic carbocycles. The van der Waals surface area contributed by atoms with Gasteiger partial charge >= 0.3 is 0 Å². The molecule has 3 heteroatoms. The van der Waals surface area contributed by atoms with Crippen molar-refractivity contribution in [3.8, 4) is 0 Å². The third-order valence-electron chi connectivity index (χ3n) is 2.02. The zero-order valence-corrected chi connectivity index (χ0v) is 9.72. The van der Waals surface area contributed by atoms with Gasteiger partial charge in [-0.1, -0.05) is 29.3 Å². The quantitative estimate of drug-likeness (QED) is 0.881. The first-order valence-corrected chi connectivity index (χ1v) is 5.54. The summed E-state index contributed by atoms with van der Waals surface area (Å²) in [5, 5.41) is 9.55. The summed E-state index contributed by atoms with van der Waals surface area (Å²) in [7, 11) is 0. The smallest absolute Gasteiger partial charge is 0.124 e. The lowest BCUT2D eigenvalue weighted by molar-refractivity contribution is 0.164. The molecule has 0 saturated carbocycles. The van der Waals surface area contributed by atoms with Crippen LogP contribution in [-0.4, -0.2) is 11.2 Å². The van der Waals surface area contributed by atoms with Gasteiger partial charge in [0.15, 0.2) is 0 Å². The van der Waals surface area contributed by atoms with Crippen molar-refractivity contribution in [2.75, 3.05) is 0 Å². The molecule has 0 aliphatic rings. The Kier molecular flexibility index (Phi) is 4.55. The van der Waals surface area contributed by atoms with Crippen LogP contribution < -0.4 is 0 Å². The van der Waals surface area contributed by atoms with Crippen LogP contribution in [0.5, 0.6) is 0 Å². The summed E-state index contributed by atoms with van der Waals surface area (Å²) in [4.78, 5) is 0. The molecule has 0 bridgehead atoms. The van der Waals surface area contributed by atoms with Crippen molar-refractivity contribution in [2.45, 2.75) is 32.3 Å². The van der Waals surface area contributed by atoms with Crippen LogP contribution in [0, 0.1) is 5.82 Å². The average molecular weight is 261 g/mol. The number of rotatable bonds is 4. The van der Waals surface area contributed by atoms with Gasteiger partial charge in [-0.25, -0.2) is 4.39 Å². The predicted octanol–water partition coefficient (Wildman–Crippen LogP) is 3.29. The van der Waals surface area contributed by atoms with Gasteiger partial charge in [0.2, 0.25) is 0 Å². The summed E-state index contributed by atoms with van der Waals surface area (Å²) in [6.07, 6.45) is 1.85. The topological polar surface area (TPSA) is 20.2 Å². The van der Waals surface area contributed by atoms with Crippen molar-refractivity contribution >= 4 is 15.9 Å². The van der Waals surface area contributed by atoms with Crippen LogP contribution in [0.25, 0.3) is 0 Å². The van der Waals surface area contributed by atoms with Crippen molar-refractivity contribution in [2.24, 2.45) is 0 Å². The Balaban J connectivity index is 2.66. The summed E-state index contributed by atoms with van der Waals surface area (Å²) in [6.45, 7) is 2.02. The molecule has 1 N–H and O–H groups in total. The minimum absolute atomic E-state index is 0.266. The summed E-state index contributed by atoms with van der Waals surface area (Å²) >= 11 is 3.22. The van der Waals surface area contributed by atoms with E-state index in [0.29, 0.717) is 6.42 Å². The Morgan fingerprint density at radius 1 is 1.43 bits per heavy atom. The molecule has 1 nitrogen and oxygen atoms in total. The molecule has 0 aliphatic carbocycles. The number of aliphatic hydroxyl groups is 1. The summed E-state index contributed by atoms with van der Waals surface area (Å²) in [5.74, 6) is -0.266.